The summed E-state index contributed by atoms with van der Waals surface area (Å²) in [5, 5.41) is 2.34. The Balaban J connectivity index is 1.36. The zero-order chi connectivity index (χ0) is 21.8. The molecule has 5 nitrogen and oxygen atoms in total. The first kappa shape index (κ1) is 20.9. The molecule has 2 heterocycles. The van der Waals surface area contributed by atoms with Crippen molar-refractivity contribution in [3.05, 3.63) is 70.3 Å². The predicted octanol–water partition coefficient (Wildman–Crippen LogP) is 3.52. The fourth-order valence-corrected chi connectivity index (χ4v) is 4.16. The van der Waals surface area contributed by atoms with E-state index in [1.54, 1.807) is 11.0 Å². The van der Waals surface area contributed by atoms with E-state index in [9.17, 15) is 14.4 Å². The quantitative estimate of drug-likeness (QED) is 0.463. The van der Waals surface area contributed by atoms with Crippen LogP contribution in [-0.4, -0.2) is 28.7 Å². The highest BCUT2D eigenvalue weighted by Gasteiger charge is 2.39. The third-order valence-electron chi connectivity index (χ3n) is 5.94. The lowest BCUT2D eigenvalue weighted by Gasteiger charge is -2.29. The van der Waals surface area contributed by atoms with Gasteiger partial charge in [-0.15, -0.1) is 0 Å². The number of aryl methyl sites for hydroxylation is 2. The molecule has 1 N–H and O–H groups in total. The van der Waals surface area contributed by atoms with Gasteiger partial charge in [-0.2, -0.15) is 0 Å². The lowest BCUT2D eigenvalue weighted by atomic mass is 10.0. The van der Waals surface area contributed by atoms with E-state index >= 15 is 0 Å². The monoisotopic (exact) mass is 414 g/mol. The van der Waals surface area contributed by atoms with Crippen molar-refractivity contribution in [3.63, 3.8) is 0 Å². The van der Waals surface area contributed by atoms with Crippen LogP contribution in [0.1, 0.15) is 64.7 Å². The fraction of sp³-hybridized carbons (Fsp3) is 0.346. The molecule has 1 fully saturated rings. The van der Waals surface area contributed by atoms with Crippen LogP contribution >= 0.6 is 0 Å². The molecule has 31 heavy (non-hydrogen) atoms. The van der Waals surface area contributed by atoms with E-state index in [4.69, 9.17) is 0 Å². The van der Waals surface area contributed by atoms with Gasteiger partial charge in [0.2, 0.25) is 11.8 Å². The van der Waals surface area contributed by atoms with E-state index in [2.05, 4.69) is 48.3 Å². The smallest absolute Gasteiger partial charge is 0.255 e. The number of amides is 3. The summed E-state index contributed by atoms with van der Waals surface area (Å²) in [4.78, 5) is 38.1. The molecular weight excluding hydrogens is 388 g/mol. The minimum Gasteiger partial charge on any atom is -0.322 e. The molecule has 4 rings (SSSR count). The molecule has 0 spiro atoms. The zero-order valence-corrected chi connectivity index (χ0v) is 17.7. The van der Waals surface area contributed by atoms with Crippen LogP contribution in [0, 0.1) is 18.8 Å². The minimum atomic E-state index is -0.597. The highest BCUT2D eigenvalue weighted by Crippen LogP contribution is 2.29. The molecule has 2 aromatic rings. The average Bonchev–Trinajstić information content (AvgIpc) is 3.09. The molecule has 0 aromatic heterocycles. The number of unbranched alkanes of at least 4 members (excludes halogenated alkanes) is 2. The number of carbonyl (C=O) groups is 3. The van der Waals surface area contributed by atoms with Gasteiger partial charge in [0.05, 0.1) is 0 Å². The molecule has 2 aliphatic heterocycles. The van der Waals surface area contributed by atoms with Gasteiger partial charge in [0.1, 0.15) is 6.04 Å². The molecule has 5 heteroatoms. The largest absolute Gasteiger partial charge is 0.322 e. The van der Waals surface area contributed by atoms with Crippen LogP contribution < -0.4 is 5.32 Å². The van der Waals surface area contributed by atoms with Crippen molar-refractivity contribution >= 4 is 17.7 Å². The van der Waals surface area contributed by atoms with Crippen molar-refractivity contribution < 1.29 is 14.4 Å². The Morgan fingerprint density at radius 2 is 1.87 bits per heavy atom. The molecular formula is C26H26N2O3. The summed E-state index contributed by atoms with van der Waals surface area (Å²) in [7, 11) is 0. The van der Waals surface area contributed by atoms with Gasteiger partial charge in [-0.3, -0.25) is 19.7 Å². The molecule has 3 amide bonds. The minimum absolute atomic E-state index is 0.161. The second kappa shape index (κ2) is 9.18. The summed E-state index contributed by atoms with van der Waals surface area (Å²) in [5.74, 6) is 5.65. The normalized spacial score (nSPS) is 17.8. The first-order chi connectivity index (χ1) is 15.0. The lowest BCUT2D eigenvalue weighted by Crippen LogP contribution is -2.52. The molecule has 0 aliphatic carbocycles. The number of nitrogens with zero attached hydrogens (tertiary/aromatic N) is 1. The van der Waals surface area contributed by atoms with Gasteiger partial charge < -0.3 is 4.90 Å². The van der Waals surface area contributed by atoms with Gasteiger partial charge >= 0.3 is 0 Å². The number of nitrogens with one attached hydrogen (secondary N) is 1. The number of hydrogen-bond donors (Lipinski definition) is 1. The number of rotatable bonds is 5. The number of piperidine rings is 1. The van der Waals surface area contributed by atoms with Crippen LogP contribution in [0.2, 0.25) is 0 Å². The Morgan fingerprint density at radius 3 is 2.65 bits per heavy atom. The number of imide groups is 1. The van der Waals surface area contributed by atoms with Crippen LogP contribution in [0.25, 0.3) is 0 Å². The maximum Gasteiger partial charge on any atom is 0.255 e. The van der Waals surface area contributed by atoms with Crippen molar-refractivity contribution in [2.75, 3.05) is 0 Å². The Kier molecular flexibility index (Phi) is 6.18. The molecule has 2 aromatic carbocycles. The van der Waals surface area contributed by atoms with Crippen molar-refractivity contribution in [1.82, 2.24) is 10.2 Å². The molecule has 0 saturated carbocycles. The maximum absolute atomic E-state index is 12.9. The fourth-order valence-electron chi connectivity index (χ4n) is 4.16. The predicted molar refractivity (Wildman–Crippen MR) is 118 cm³/mol. The van der Waals surface area contributed by atoms with E-state index in [0.29, 0.717) is 18.5 Å². The topological polar surface area (TPSA) is 66.5 Å². The van der Waals surface area contributed by atoms with Gasteiger partial charge in [-0.1, -0.05) is 47.7 Å². The summed E-state index contributed by atoms with van der Waals surface area (Å²) in [6, 6.07) is 13.6. The van der Waals surface area contributed by atoms with Gasteiger partial charge in [-0.05, 0) is 55.9 Å². The maximum atomic E-state index is 12.9. The Bertz CT molecular complexity index is 1080. The van der Waals surface area contributed by atoms with Crippen LogP contribution in [-0.2, 0) is 22.6 Å². The summed E-state index contributed by atoms with van der Waals surface area (Å²) in [6.07, 6.45) is 4.60. The first-order valence-corrected chi connectivity index (χ1v) is 10.8. The second-order valence-electron chi connectivity index (χ2n) is 8.23. The number of benzene rings is 2. The Labute approximate surface area is 182 Å². The van der Waals surface area contributed by atoms with Crippen LogP contribution in [0.5, 0.6) is 0 Å². The highest BCUT2D eigenvalue weighted by molar-refractivity contribution is 6.05. The van der Waals surface area contributed by atoms with E-state index in [1.165, 1.54) is 11.1 Å². The number of hydrogen-bond acceptors (Lipinski definition) is 3. The summed E-state index contributed by atoms with van der Waals surface area (Å²) < 4.78 is 0. The molecule has 1 saturated heterocycles. The SMILES string of the molecule is Cc1ccc(CCCCC#Cc2cccc3c2CN(C2CCC(=O)NC2=O)C3=O)cc1. The van der Waals surface area contributed by atoms with E-state index in [-0.39, 0.29) is 18.2 Å². The van der Waals surface area contributed by atoms with Gasteiger partial charge in [-0.25, -0.2) is 0 Å². The van der Waals surface area contributed by atoms with Gasteiger partial charge in [0.15, 0.2) is 0 Å². The Morgan fingerprint density at radius 1 is 1.06 bits per heavy atom. The first-order valence-electron chi connectivity index (χ1n) is 10.8. The number of fused-ring (bicyclic) bond motifs is 1. The van der Waals surface area contributed by atoms with Crippen molar-refractivity contribution in [2.45, 2.75) is 58.0 Å². The Hall–Kier alpha value is -3.39. The average molecular weight is 415 g/mol. The second-order valence-corrected chi connectivity index (χ2v) is 8.23. The standard InChI is InChI=1S/C26H26N2O3/c1-18-11-13-19(14-12-18)7-4-2-3-5-8-20-9-6-10-21-22(20)17-28(26(21)31)23-15-16-24(29)27-25(23)30/h6,9-14,23H,2-4,7,15-17H2,1H3,(H,27,29,30). The molecule has 158 valence electrons. The van der Waals surface area contributed by atoms with Crippen molar-refractivity contribution in [3.8, 4) is 11.8 Å². The van der Waals surface area contributed by atoms with Crippen molar-refractivity contribution in [2.24, 2.45) is 0 Å². The summed E-state index contributed by atoms with van der Waals surface area (Å²) >= 11 is 0. The molecule has 1 unspecified atom stereocenters. The van der Waals surface area contributed by atoms with Gasteiger partial charge in [0.25, 0.3) is 5.91 Å². The number of carbonyl (C=O) groups excluding carboxylic acids is 3. The van der Waals surface area contributed by atoms with Crippen LogP contribution in [0.4, 0.5) is 0 Å². The van der Waals surface area contributed by atoms with E-state index in [1.807, 2.05) is 12.1 Å². The molecule has 2 aliphatic rings. The molecule has 0 bridgehead atoms. The zero-order valence-electron chi connectivity index (χ0n) is 17.7. The van der Waals surface area contributed by atoms with E-state index in [0.717, 1.165) is 36.8 Å². The molecule has 0 radical (unpaired) electrons. The summed E-state index contributed by atoms with van der Waals surface area (Å²) in [5.41, 5.74) is 4.96. The molecule has 1 atom stereocenters. The van der Waals surface area contributed by atoms with Crippen molar-refractivity contribution in [1.29, 1.82) is 0 Å². The summed E-state index contributed by atoms with van der Waals surface area (Å²) in [6.45, 7) is 2.45. The van der Waals surface area contributed by atoms with Gasteiger partial charge in [0, 0.05) is 30.5 Å². The third-order valence-corrected chi connectivity index (χ3v) is 5.94. The van der Waals surface area contributed by atoms with Crippen LogP contribution in [0.15, 0.2) is 42.5 Å². The highest BCUT2D eigenvalue weighted by atomic mass is 16.2. The van der Waals surface area contributed by atoms with E-state index < -0.39 is 11.9 Å². The lowest BCUT2D eigenvalue weighted by molar-refractivity contribution is -0.136. The van der Waals surface area contributed by atoms with Crippen LogP contribution in [0.3, 0.4) is 0 Å². The third kappa shape index (κ3) is 4.69.